The fourth-order valence-electron chi connectivity index (χ4n) is 4.75. The zero-order valence-corrected chi connectivity index (χ0v) is 20.9. The van der Waals surface area contributed by atoms with Gasteiger partial charge in [-0.15, -0.1) is 0 Å². The van der Waals surface area contributed by atoms with Crippen LogP contribution in [0, 0.1) is 6.92 Å². The van der Waals surface area contributed by atoms with E-state index < -0.39 is 10.0 Å². The van der Waals surface area contributed by atoms with Crippen LogP contribution in [0.5, 0.6) is 0 Å². The number of nitrogens with one attached hydrogen (secondary N) is 3. The average molecular weight is 504 g/mol. The molecule has 1 fully saturated rings. The molecule has 0 spiro atoms. The number of urea groups is 1. The maximum absolute atomic E-state index is 13.1. The Morgan fingerprint density at radius 3 is 2.64 bits per heavy atom. The number of sulfonamides is 1. The third-order valence-corrected chi connectivity index (χ3v) is 8.02. The topological polar surface area (TPSA) is 103 Å². The van der Waals surface area contributed by atoms with Crippen LogP contribution in [-0.4, -0.2) is 56.6 Å². The Balaban J connectivity index is 1.13. The Labute approximate surface area is 210 Å². The molecule has 0 bridgehead atoms. The largest absolute Gasteiger partial charge is 0.337 e. The number of carbonyl (C=O) groups excluding carboxylic acids is 1. The first-order chi connectivity index (χ1) is 17.4. The number of likely N-dealkylation sites (tertiary alicyclic amines) is 1. The van der Waals surface area contributed by atoms with Crippen molar-refractivity contribution in [2.45, 2.75) is 24.3 Å². The highest BCUT2D eigenvalue weighted by Gasteiger charge is 2.28. The minimum Gasteiger partial charge on any atom is -0.337 e. The third kappa shape index (κ3) is 5.33. The van der Waals surface area contributed by atoms with E-state index in [-0.39, 0.29) is 12.1 Å². The summed E-state index contributed by atoms with van der Waals surface area (Å²) in [6.45, 7) is 4.35. The number of para-hydroxylation sites is 1. The van der Waals surface area contributed by atoms with Crippen molar-refractivity contribution in [1.29, 1.82) is 0 Å². The molecule has 2 amide bonds. The van der Waals surface area contributed by atoms with Gasteiger partial charge in [-0.05, 0) is 43.5 Å². The smallest absolute Gasteiger partial charge is 0.319 e. The van der Waals surface area contributed by atoms with Crippen molar-refractivity contribution in [3.63, 3.8) is 0 Å². The zero-order chi connectivity index (χ0) is 25.1. The molecule has 3 N–H and O–H groups in total. The predicted molar refractivity (Wildman–Crippen MR) is 143 cm³/mol. The molecule has 1 aromatic heterocycles. The number of pyridine rings is 1. The lowest BCUT2D eigenvalue weighted by molar-refractivity contribution is 0.249. The molecule has 36 heavy (non-hydrogen) atoms. The second kappa shape index (κ2) is 10.2. The molecule has 1 aliphatic heterocycles. The zero-order valence-electron chi connectivity index (χ0n) is 20.1. The minimum atomic E-state index is -3.65. The molecule has 1 unspecified atom stereocenters. The highest BCUT2D eigenvalue weighted by atomic mass is 32.2. The molecule has 0 radical (unpaired) electrons. The number of anilines is 1. The highest BCUT2D eigenvalue weighted by molar-refractivity contribution is 7.89. The van der Waals surface area contributed by atoms with E-state index in [4.69, 9.17) is 0 Å². The van der Waals surface area contributed by atoms with Crippen LogP contribution in [0.25, 0.3) is 21.7 Å². The van der Waals surface area contributed by atoms with E-state index in [1.165, 1.54) is 0 Å². The molecule has 4 aromatic rings. The fourth-order valence-corrected chi connectivity index (χ4v) is 6.24. The Kier molecular flexibility index (Phi) is 6.86. The normalized spacial score (nSPS) is 16.4. The first-order valence-electron chi connectivity index (χ1n) is 12.0. The number of aromatic nitrogens is 1. The van der Waals surface area contributed by atoms with Gasteiger partial charge in [0.2, 0.25) is 10.0 Å². The fraction of sp³-hybridized carbons (Fsp3) is 0.259. The predicted octanol–water partition coefficient (Wildman–Crippen LogP) is 3.87. The molecule has 5 rings (SSSR count). The van der Waals surface area contributed by atoms with Crippen LogP contribution in [0.3, 0.4) is 0 Å². The molecule has 3 aromatic carbocycles. The molecule has 186 valence electrons. The molecule has 2 heterocycles. The van der Waals surface area contributed by atoms with Gasteiger partial charge in [-0.25, -0.2) is 17.9 Å². The van der Waals surface area contributed by atoms with Gasteiger partial charge in [-0.1, -0.05) is 54.6 Å². The lowest BCUT2D eigenvalue weighted by Gasteiger charge is -2.18. The van der Waals surface area contributed by atoms with Gasteiger partial charge in [0.25, 0.3) is 0 Å². The standard InChI is InChI=1S/C27H29N5O3S/c1-19-17-25(23-10-4-5-11-24(23)29-19)30-27(33)28-14-16-32-15-13-21(18-32)31-36(34,35)26-12-6-8-20-7-2-3-9-22(20)26/h2-12,17,21,31H,13-16,18H2,1H3,(H2,28,29,30,33). The van der Waals surface area contributed by atoms with Crippen LogP contribution in [-0.2, 0) is 10.0 Å². The van der Waals surface area contributed by atoms with Crippen molar-refractivity contribution in [1.82, 2.24) is 19.9 Å². The van der Waals surface area contributed by atoms with E-state index in [9.17, 15) is 13.2 Å². The Morgan fingerprint density at radius 2 is 1.78 bits per heavy atom. The number of amides is 2. The summed E-state index contributed by atoms with van der Waals surface area (Å²) >= 11 is 0. The van der Waals surface area contributed by atoms with Crippen LogP contribution in [0.15, 0.2) is 77.7 Å². The maximum atomic E-state index is 13.1. The molecule has 1 aliphatic rings. The number of nitrogens with zero attached hydrogens (tertiary/aromatic N) is 2. The number of hydrogen-bond acceptors (Lipinski definition) is 5. The van der Waals surface area contributed by atoms with Crippen LogP contribution in [0.4, 0.5) is 10.5 Å². The summed E-state index contributed by atoms with van der Waals surface area (Å²) in [7, 11) is -3.65. The summed E-state index contributed by atoms with van der Waals surface area (Å²) in [5, 5.41) is 8.33. The molecule has 8 nitrogen and oxygen atoms in total. The Hall–Kier alpha value is -3.53. The van der Waals surface area contributed by atoms with E-state index in [2.05, 4.69) is 25.2 Å². The SMILES string of the molecule is Cc1cc(NC(=O)NCCN2CCC(NS(=O)(=O)c3cccc4ccccc34)C2)c2ccccc2n1. The van der Waals surface area contributed by atoms with Gasteiger partial charge in [0.1, 0.15) is 0 Å². The van der Waals surface area contributed by atoms with E-state index in [0.29, 0.717) is 24.5 Å². The molecule has 1 atom stereocenters. The first-order valence-corrected chi connectivity index (χ1v) is 13.5. The molecular formula is C27H29N5O3S. The third-order valence-electron chi connectivity index (χ3n) is 6.44. The lowest BCUT2D eigenvalue weighted by atomic mass is 10.1. The first kappa shape index (κ1) is 24.2. The van der Waals surface area contributed by atoms with Gasteiger partial charge in [0.15, 0.2) is 0 Å². The summed E-state index contributed by atoms with van der Waals surface area (Å²) in [6, 6.07) is 21.9. The van der Waals surface area contributed by atoms with Gasteiger partial charge in [-0.2, -0.15) is 0 Å². The lowest BCUT2D eigenvalue weighted by Crippen LogP contribution is -2.39. The van der Waals surface area contributed by atoms with Crippen LogP contribution in [0.1, 0.15) is 12.1 Å². The second-order valence-electron chi connectivity index (χ2n) is 9.09. The minimum absolute atomic E-state index is 0.172. The van der Waals surface area contributed by atoms with Gasteiger partial charge < -0.3 is 10.6 Å². The number of fused-ring (bicyclic) bond motifs is 2. The van der Waals surface area contributed by atoms with Gasteiger partial charge in [0.05, 0.1) is 16.1 Å². The monoisotopic (exact) mass is 503 g/mol. The van der Waals surface area contributed by atoms with Crippen molar-refractivity contribution in [3.8, 4) is 0 Å². The van der Waals surface area contributed by atoms with E-state index in [0.717, 1.165) is 46.0 Å². The number of hydrogen-bond donors (Lipinski definition) is 3. The summed E-state index contributed by atoms with van der Waals surface area (Å²) in [6.07, 6.45) is 0.721. The van der Waals surface area contributed by atoms with Crippen molar-refractivity contribution >= 4 is 43.4 Å². The molecule has 1 saturated heterocycles. The van der Waals surface area contributed by atoms with Crippen LogP contribution in [0.2, 0.25) is 0 Å². The van der Waals surface area contributed by atoms with Gasteiger partial charge in [-0.3, -0.25) is 9.88 Å². The van der Waals surface area contributed by atoms with Crippen molar-refractivity contribution in [3.05, 3.63) is 78.5 Å². The van der Waals surface area contributed by atoms with Crippen molar-refractivity contribution in [2.24, 2.45) is 0 Å². The summed E-state index contributed by atoms with van der Waals surface area (Å²) < 4.78 is 29.1. The molecular weight excluding hydrogens is 474 g/mol. The van der Waals surface area contributed by atoms with E-state index in [1.54, 1.807) is 12.1 Å². The maximum Gasteiger partial charge on any atom is 0.319 e. The number of aryl methyl sites for hydroxylation is 1. The van der Waals surface area contributed by atoms with E-state index >= 15 is 0 Å². The highest BCUT2D eigenvalue weighted by Crippen LogP contribution is 2.24. The Bertz CT molecular complexity index is 1520. The van der Waals surface area contributed by atoms with Crippen molar-refractivity contribution < 1.29 is 13.2 Å². The number of carbonyl (C=O) groups is 1. The van der Waals surface area contributed by atoms with Gasteiger partial charge >= 0.3 is 6.03 Å². The molecule has 9 heteroatoms. The van der Waals surface area contributed by atoms with Crippen LogP contribution >= 0.6 is 0 Å². The number of rotatable bonds is 7. The van der Waals surface area contributed by atoms with Crippen molar-refractivity contribution in [2.75, 3.05) is 31.5 Å². The summed E-state index contributed by atoms with van der Waals surface area (Å²) in [5.41, 5.74) is 2.39. The van der Waals surface area contributed by atoms with Crippen LogP contribution < -0.4 is 15.4 Å². The average Bonchev–Trinajstić information content (AvgIpc) is 3.29. The second-order valence-corrected chi connectivity index (χ2v) is 10.8. The molecule has 0 aliphatic carbocycles. The quantitative estimate of drug-likeness (QED) is 0.355. The molecule has 0 saturated carbocycles. The Morgan fingerprint density at radius 1 is 1.03 bits per heavy atom. The summed E-state index contributed by atoms with van der Waals surface area (Å²) in [5.74, 6) is 0. The van der Waals surface area contributed by atoms with E-state index in [1.807, 2.05) is 67.6 Å². The summed E-state index contributed by atoms with van der Waals surface area (Å²) in [4.78, 5) is 19.5. The number of benzene rings is 3. The van der Waals surface area contributed by atoms with Gasteiger partial charge in [0, 0.05) is 42.1 Å².